The summed E-state index contributed by atoms with van der Waals surface area (Å²) >= 11 is 0. The fourth-order valence-electron chi connectivity index (χ4n) is 2.46. The lowest BCUT2D eigenvalue weighted by molar-refractivity contribution is -0.123. The van der Waals surface area contributed by atoms with Crippen LogP contribution in [0.4, 0.5) is 5.69 Å². The largest absolute Gasteiger partial charge is 0.482 e. The summed E-state index contributed by atoms with van der Waals surface area (Å²) in [5, 5.41) is 2.94. The van der Waals surface area contributed by atoms with E-state index in [9.17, 15) is 4.79 Å². The highest BCUT2D eigenvalue weighted by Gasteiger charge is 2.14. The smallest absolute Gasteiger partial charge is 0.257 e. The van der Waals surface area contributed by atoms with Gasteiger partial charge in [-0.25, -0.2) is 0 Å². The first-order chi connectivity index (χ1) is 9.25. The van der Waals surface area contributed by atoms with Gasteiger partial charge in [0.15, 0.2) is 6.61 Å². The molecule has 1 saturated carbocycles. The first-order valence-electron chi connectivity index (χ1n) is 6.99. The molecule has 0 bridgehead atoms. The number of amides is 1. The third-order valence-electron chi connectivity index (χ3n) is 3.59. The maximum Gasteiger partial charge on any atom is 0.257 e. The Hall–Kier alpha value is -1.71. The second-order valence-electron chi connectivity index (χ2n) is 5.13. The number of benzene rings is 1. The lowest BCUT2D eigenvalue weighted by Crippen LogP contribution is -2.33. The molecule has 0 aromatic heterocycles. The number of rotatable bonds is 5. The molecule has 0 aliphatic heterocycles. The van der Waals surface area contributed by atoms with Crippen LogP contribution in [0.15, 0.2) is 24.3 Å². The Morgan fingerprint density at radius 2 is 2.00 bits per heavy atom. The molecular formula is C15H22N2O2. The van der Waals surface area contributed by atoms with Crippen molar-refractivity contribution < 1.29 is 9.53 Å². The van der Waals surface area contributed by atoms with E-state index in [1.54, 1.807) is 12.1 Å². The molecule has 3 N–H and O–H groups in total. The molecule has 4 heteroatoms. The van der Waals surface area contributed by atoms with E-state index in [2.05, 4.69) is 5.32 Å². The zero-order valence-corrected chi connectivity index (χ0v) is 11.2. The van der Waals surface area contributed by atoms with Crippen LogP contribution >= 0.6 is 0 Å². The summed E-state index contributed by atoms with van der Waals surface area (Å²) < 4.78 is 5.40. The van der Waals surface area contributed by atoms with Crippen LogP contribution in [0.5, 0.6) is 5.75 Å². The van der Waals surface area contributed by atoms with Gasteiger partial charge in [-0.05, 0) is 30.9 Å². The van der Waals surface area contributed by atoms with Crippen molar-refractivity contribution in [2.45, 2.75) is 32.1 Å². The van der Waals surface area contributed by atoms with Gasteiger partial charge in [-0.15, -0.1) is 0 Å². The Balaban J connectivity index is 1.68. The summed E-state index contributed by atoms with van der Waals surface area (Å²) in [4.78, 5) is 11.7. The predicted octanol–water partition coefficient (Wildman–Crippen LogP) is 2.34. The van der Waals surface area contributed by atoms with Crippen molar-refractivity contribution in [3.05, 3.63) is 24.3 Å². The van der Waals surface area contributed by atoms with Crippen molar-refractivity contribution in [3.8, 4) is 5.75 Å². The van der Waals surface area contributed by atoms with E-state index in [0.717, 1.165) is 6.54 Å². The van der Waals surface area contributed by atoms with Crippen LogP contribution in [0.1, 0.15) is 32.1 Å². The molecule has 0 radical (unpaired) electrons. The van der Waals surface area contributed by atoms with Gasteiger partial charge in [0.1, 0.15) is 5.75 Å². The molecule has 1 aromatic rings. The van der Waals surface area contributed by atoms with Crippen molar-refractivity contribution in [1.29, 1.82) is 0 Å². The number of para-hydroxylation sites is 2. The molecule has 0 spiro atoms. The van der Waals surface area contributed by atoms with Gasteiger partial charge in [-0.3, -0.25) is 4.79 Å². The molecule has 104 valence electrons. The predicted molar refractivity (Wildman–Crippen MR) is 75.9 cm³/mol. The Kier molecular flexibility index (Phi) is 5.07. The molecule has 1 aliphatic rings. The minimum atomic E-state index is -0.0752. The van der Waals surface area contributed by atoms with Gasteiger partial charge in [0, 0.05) is 6.54 Å². The van der Waals surface area contributed by atoms with Crippen LogP contribution in [-0.4, -0.2) is 19.1 Å². The number of nitrogens with two attached hydrogens (primary N) is 1. The zero-order chi connectivity index (χ0) is 13.5. The number of anilines is 1. The lowest BCUT2D eigenvalue weighted by atomic mass is 9.89. The summed E-state index contributed by atoms with van der Waals surface area (Å²) in [6, 6.07) is 7.20. The minimum Gasteiger partial charge on any atom is -0.482 e. The molecular weight excluding hydrogens is 240 g/mol. The normalized spacial score (nSPS) is 16.0. The highest BCUT2D eigenvalue weighted by molar-refractivity contribution is 5.77. The Morgan fingerprint density at radius 1 is 1.26 bits per heavy atom. The maximum atomic E-state index is 11.7. The van der Waals surface area contributed by atoms with E-state index in [4.69, 9.17) is 10.5 Å². The van der Waals surface area contributed by atoms with E-state index < -0.39 is 0 Å². The van der Waals surface area contributed by atoms with E-state index in [1.807, 2.05) is 12.1 Å². The topological polar surface area (TPSA) is 64.3 Å². The summed E-state index contributed by atoms with van der Waals surface area (Å²) in [7, 11) is 0. The summed E-state index contributed by atoms with van der Waals surface area (Å²) in [5.74, 6) is 1.13. The van der Waals surface area contributed by atoms with Crippen LogP contribution < -0.4 is 15.8 Å². The van der Waals surface area contributed by atoms with E-state index in [-0.39, 0.29) is 12.5 Å². The van der Waals surface area contributed by atoms with Gasteiger partial charge in [0.05, 0.1) is 5.69 Å². The molecule has 0 atom stereocenters. The highest BCUT2D eigenvalue weighted by Crippen LogP contribution is 2.22. The Bertz CT molecular complexity index is 414. The van der Waals surface area contributed by atoms with Crippen LogP contribution in [-0.2, 0) is 4.79 Å². The number of carbonyl (C=O) groups is 1. The number of carbonyl (C=O) groups excluding carboxylic acids is 1. The summed E-state index contributed by atoms with van der Waals surface area (Å²) in [6.07, 6.45) is 6.37. The van der Waals surface area contributed by atoms with Crippen molar-refractivity contribution >= 4 is 11.6 Å². The molecule has 0 heterocycles. The molecule has 1 amide bonds. The highest BCUT2D eigenvalue weighted by atomic mass is 16.5. The van der Waals surface area contributed by atoms with Crippen molar-refractivity contribution in [2.75, 3.05) is 18.9 Å². The third-order valence-corrected chi connectivity index (χ3v) is 3.59. The van der Waals surface area contributed by atoms with Gasteiger partial charge >= 0.3 is 0 Å². The van der Waals surface area contributed by atoms with Crippen LogP contribution in [0, 0.1) is 5.92 Å². The summed E-state index contributed by atoms with van der Waals surface area (Å²) in [5.41, 5.74) is 6.30. The van der Waals surface area contributed by atoms with Gasteiger partial charge in [-0.2, -0.15) is 0 Å². The number of nitrogens with one attached hydrogen (secondary N) is 1. The maximum absolute atomic E-state index is 11.7. The van der Waals surface area contributed by atoms with E-state index >= 15 is 0 Å². The Labute approximate surface area is 114 Å². The van der Waals surface area contributed by atoms with Crippen LogP contribution in [0.25, 0.3) is 0 Å². The lowest BCUT2D eigenvalue weighted by Gasteiger charge is -2.21. The third kappa shape index (κ3) is 4.47. The van der Waals surface area contributed by atoms with Gasteiger partial charge in [0.2, 0.25) is 0 Å². The quantitative estimate of drug-likeness (QED) is 0.801. The fraction of sp³-hybridized carbons (Fsp3) is 0.533. The minimum absolute atomic E-state index is 0.0287. The number of hydrogen-bond acceptors (Lipinski definition) is 3. The van der Waals surface area contributed by atoms with Crippen LogP contribution in [0.2, 0.25) is 0 Å². The number of hydrogen-bond donors (Lipinski definition) is 2. The van der Waals surface area contributed by atoms with Gasteiger partial charge < -0.3 is 15.8 Å². The number of nitrogen functional groups attached to an aromatic ring is 1. The Morgan fingerprint density at radius 3 is 2.74 bits per heavy atom. The monoisotopic (exact) mass is 262 g/mol. The molecule has 19 heavy (non-hydrogen) atoms. The van der Waals surface area contributed by atoms with Gasteiger partial charge in [0.25, 0.3) is 5.91 Å². The van der Waals surface area contributed by atoms with Crippen molar-refractivity contribution in [3.63, 3.8) is 0 Å². The van der Waals surface area contributed by atoms with Crippen molar-refractivity contribution in [2.24, 2.45) is 5.92 Å². The molecule has 0 unspecified atom stereocenters. The van der Waals surface area contributed by atoms with Gasteiger partial charge in [-0.1, -0.05) is 31.4 Å². The van der Waals surface area contributed by atoms with E-state index in [0.29, 0.717) is 17.4 Å². The molecule has 4 nitrogen and oxygen atoms in total. The zero-order valence-electron chi connectivity index (χ0n) is 11.2. The van der Waals surface area contributed by atoms with Crippen molar-refractivity contribution in [1.82, 2.24) is 5.32 Å². The number of ether oxygens (including phenoxy) is 1. The standard InChI is InChI=1S/C15H22N2O2/c16-13-8-4-5-9-14(13)19-11-15(18)17-10-12-6-2-1-3-7-12/h4-5,8-9,12H,1-3,6-7,10-11,16H2,(H,17,18). The first kappa shape index (κ1) is 13.7. The molecule has 1 fully saturated rings. The molecule has 0 saturated heterocycles. The van der Waals surface area contributed by atoms with E-state index in [1.165, 1.54) is 32.1 Å². The summed E-state index contributed by atoms with van der Waals surface area (Å²) in [6.45, 7) is 0.799. The molecule has 1 aliphatic carbocycles. The second-order valence-corrected chi connectivity index (χ2v) is 5.13. The SMILES string of the molecule is Nc1ccccc1OCC(=O)NCC1CCCCC1. The van der Waals surface area contributed by atoms with Crippen LogP contribution in [0.3, 0.4) is 0 Å². The fourth-order valence-corrected chi connectivity index (χ4v) is 2.46. The second kappa shape index (κ2) is 7.02. The first-order valence-corrected chi connectivity index (χ1v) is 6.99. The average Bonchev–Trinajstić information content (AvgIpc) is 2.45. The molecule has 2 rings (SSSR count). The molecule has 1 aromatic carbocycles. The average molecular weight is 262 g/mol.